The maximum Gasteiger partial charge on any atom is 0.317 e. The Bertz CT molecular complexity index is 826. The first-order valence-corrected chi connectivity index (χ1v) is 9.58. The largest absolute Gasteiger partial charge is 0.350 e. The zero-order valence-corrected chi connectivity index (χ0v) is 16.8. The van der Waals surface area contributed by atoms with Gasteiger partial charge in [0, 0.05) is 56.9 Å². The van der Waals surface area contributed by atoms with Crippen LogP contribution in [0.5, 0.6) is 0 Å². The zero-order chi connectivity index (χ0) is 19.6. The number of hydrogen-bond donors (Lipinski definition) is 1. The topological polar surface area (TPSA) is 57.6 Å². The maximum atomic E-state index is 12.8. The van der Waals surface area contributed by atoms with Crippen LogP contribution >= 0.6 is 0 Å². The van der Waals surface area contributed by atoms with Gasteiger partial charge in [-0.05, 0) is 17.0 Å². The summed E-state index contributed by atoms with van der Waals surface area (Å²) in [5, 5.41) is 4.11. The summed E-state index contributed by atoms with van der Waals surface area (Å²) < 4.78 is 2.06. The minimum absolute atomic E-state index is 0.0360. The molecule has 27 heavy (non-hydrogen) atoms. The molecule has 1 aromatic heterocycles. The van der Waals surface area contributed by atoms with E-state index < -0.39 is 0 Å². The molecular formula is C21H30N4O2. The Kier molecular flexibility index (Phi) is 5.44. The van der Waals surface area contributed by atoms with E-state index in [1.54, 1.807) is 4.90 Å². The summed E-state index contributed by atoms with van der Waals surface area (Å²) in [6.07, 6.45) is 2.44. The molecule has 6 heteroatoms. The van der Waals surface area contributed by atoms with Crippen LogP contribution in [0, 0.1) is 5.41 Å². The molecule has 0 radical (unpaired) electrons. The van der Waals surface area contributed by atoms with Crippen molar-refractivity contribution in [3.8, 4) is 0 Å². The number of aromatic nitrogens is 1. The maximum absolute atomic E-state index is 12.8. The van der Waals surface area contributed by atoms with Gasteiger partial charge in [0.05, 0.1) is 6.42 Å². The molecule has 2 aromatic rings. The van der Waals surface area contributed by atoms with Gasteiger partial charge in [0.25, 0.3) is 0 Å². The summed E-state index contributed by atoms with van der Waals surface area (Å²) >= 11 is 0. The van der Waals surface area contributed by atoms with E-state index >= 15 is 0 Å². The normalized spacial score (nSPS) is 15.3. The second-order valence-corrected chi connectivity index (χ2v) is 8.55. The number of benzene rings is 1. The van der Waals surface area contributed by atoms with Gasteiger partial charge in [0.1, 0.15) is 0 Å². The van der Waals surface area contributed by atoms with Gasteiger partial charge in [0.15, 0.2) is 0 Å². The first kappa shape index (κ1) is 19.3. The SMILES string of the molecule is Cn1cc(CC(=O)N2CCN(C(=O)NCC(C)(C)C)CC2)c2ccccc21. The van der Waals surface area contributed by atoms with E-state index in [2.05, 4.69) is 42.8 Å². The number of aryl methyl sites for hydroxylation is 1. The van der Waals surface area contributed by atoms with Crippen molar-refractivity contribution in [2.45, 2.75) is 27.2 Å². The average molecular weight is 370 g/mol. The fourth-order valence-electron chi connectivity index (χ4n) is 3.45. The van der Waals surface area contributed by atoms with Crippen molar-refractivity contribution < 1.29 is 9.59 Å². The lowest BCUT2D eigenvalue weighted by atomic mass is 9.97. The molecule has 0 saturated carbocycles. The number of fused-ring (bicyclic) bond motifs is 1. The Balaban J connectivity index is 1.55. The molecule has 6 nitrogen and oxygen atoms in total. The molecular weight excluding hydrogens is 340 g/mol. The summed E-state index contributed by atoms with van der Waals surface area (Å²) in [6, 6.07) is 8.11. The van der Waals surface area contributed by atoms with Crippen LogP contribution in [0.2, 0.25) is 0 Å². The molecule has 0 aliphatic carbocycles. The zero-order valence-electron chi connectivity index (χ0n) is 16.8. The molecule has 1 fully saturated rings. The second kappa shape index (κ2) is 7.62. The number of urea groups is 1. The van der Waals surface area contributed by atoms with Gasteiger partial charge < -0.3 is 19.7 Å². The number of carbonyl (C=O) groups is 2. The van der Waals surface area contributed by atoms with Gasteiger partial charge in [-0.3, -0.25) is 4.79 Å². The summed E-state index contributed by atoms with van der Waals surface area (Å²) in [6.45, 7) is 9.27. The number of carbonyl (C=O) groups excluding carboxylic acids is 2. The number of rotatable bonds is 3. The summed E-state index contributed by atoms with van der Waals surface area (Å²) in [7, 11) is 2.01. The lowest BCUT2D eigenvalue weighted by Gasteiger charge is -2.35. The van der Waals surface area contributed by atoms with Crippen molar-refractivity contribution in [3.05, 3.63) is 36.0 Å². The molecule has 0 unspecified atom stereocenters. The third kappa shape index (κ3) is 4.62. The fourth-order valence-corrected chi connectivity index (χ4v) is 3.45. The predicted octanol–water partition coefficient (Wildman–Crippen LogP) is 2.62. The van der Waals surface area contributed by atoms with Crippen molar-refractivity contribution in [2.24, 2.45) is 12.5 Å². The van der Waals surface area contributed by atoms with Crippen molar-refractivity contribution in [3.63, 3.8) is 0 Å². The van der Waals surface area contributed by atoms with E-state index in [0.29, 0.717) is 39.1 Å². The number of nitrogens with zero attached hydrogens (tertiary/aromatic N) is 3. The van der Waals surface area contributed by atoms with Crippen LogP contribution in [0.15, 0.2) is 30.5 Å². The van der Waals surface area contributed by atoms with Gasteiger partial charge in [-0.25, -0.2) is 4.79 Å². The van der Waals surface area contributed by atoms with E-state index in [9.17, 15) is 9.59 Å². The Labute approximate surface area is 161 Å². The predicted molar refractivity (Wildman–Crippen MR) is 108 cm³/mol. The number of hydrogen-bond acceptors (Lipinski definition) is 2. The lowest BCUT2D eigenvalue weighted by molar-refractivity contribution is -0.131. The molecule has 0 bridgehead atoms. The molecule has 2 heterocycles. The minimum atomic E-state index is -0.0360. The fraction of sp³-hybridized carbons (Fsp3) is 0.524. The Morgan fingerprint density at radius 3 is 2.33 bits per heavy atom. The molecule has 3 rings (SSSR count). The van der Waals surface area contributed by atoms with Crippen LogP contribution in [0.3, 0.4) is 0 Å². The number of nitrogens with one attached hydrogen (secondary N) is 1. The highest BCUT2D eigenvalue weighted by atomic mass is 16.2. The van der Waals surface area contributed by atoms with Crippen LogP contribution in [0.4, 0.5) is 4.79 Å². The van der Waals surface area contributed by atoms with Gasteiger partial charge >= 0.3 is 6.03 Å². The van der Waals surface area contributed by atoms with Crippen LogP contribution < -0.4 is 5.32 Å². The van der Waals surface area contributed by atoms with Crippen LogP contribution in [0.25, 0.3) is 10.9 Å². The molecule has 0 spiro atoms. The smallest absolute Gasteiger partial charge is 0.317 e. The molecule has 1 aliphatic heterocycles. The van der Waals surface area contributed by atoms with E-state index in [-0.39, 0.29) is 17.4 Å². The molecule has 0 atom stereocenters. The van der Waals surface area contributed by atoms with E-state index in [1.165, 1.54) is 0 Å². The standard InChI is InChI=1S/C21H30N4O2/c1-21(2,3)15-22-20(27)25-11-9-24(10-12-25)19(26)13-16-14-23(4)18-8-6-5-7-17(16)18/h5-8,14H,9-13,15H2,1-4H3,(H,22,27). The molecule has 1 aliphatic rings. The van der Waals surface area contributed by atoms with E-state index in [0.717, 1.165) is 16.5 Å². The number of amides is 3. The van der Waals surface area contributed by atoms with Crippen molar-refractivity contribution >= 4 is 22.8 Å². The van der Waals surface area contributed by atoms with Crippen molar-refractivity contribution in [1.82, 2.24) is 19.7 Å². The molecule has 1 saturated heterocycles. The highest BCUT2D eigenvalue weighted by Crippen LogP contribution is 2.21. The Morgan fingerprint density at radius 1 is 1.04 bits per heavy atom. The minimum Gasteiger partial charge on any atom is -0.350 e. The first-order valence-electron chi connectivity index (χ1n) is 9.58. The van der Waals surface area contributed by atoms with Gasteiger partial charge in [-0.15, -0.1) is 0 Å². The van der Waals surface area contributed by atoms with Crippen LogP contribution in [0.1, 0.15) is 26.3 Å². The lowest BCUT2D eigenvalue weighted by Crippen LogP contribution is -2.54. The van der Waals surface area contributed by atoms with Gasteiger partial charge in [-0.1, -0.05) is 39.0 Å². The third-order valence-electron chi connectivity index (χ3n) is 5.01. The number of para-hydroxylation sites is 1. The highest BCUT2D eigenvalue weighted by molar-refractivity contribution is 5.89. The molecule has 1 N–H and O–H groups in total. The van der Waals surface area contributed by atoms with Crippen molar-refractivity contribution in [1.29, 1.82) is 0 Å². The van der Waals surface area contributed by atoms with Crippen molar-refractivity contribution in [2.75, 3.05) is 32.7 Å². The van der Waals surface area contributed by atoms with Crippen LogP contribution in [-0.4, -0.2) is 59.0 Å². The summed E-state index contributed by atoms with van der Waals surface area (Å²) in [4.78, 5) is 28.7. The Morgan fingerprint density at radius 2 is 1.67 bits per heavy atom. The van der Waals surface area contributed by atoms with Gasteiger partial charge in [-0.2, -0.15) is 0 Å². The second-order valence-electron chi connectivity index (χ2n) is 8.55. The Hall–Kier alpha value is -2.50. The van der Waals surface area contributed by atoms with Gasteiger partial charge in [0.2, 0.25) is 5.91 Å². The van der Waals surface area contributed by atoms with E-state index in [4.69, 9.17) is 0 Å². The molecule has 146 valence electrons. The van der Waals surface area contributed by atoms with E-state index in [1.807, 2.05) is 30.3 Å². The quantitative estimate of drug-likeness (QED) is 0.903. The summed E-state index contributed by atoms with van der Waals surface area (Å²) in [5.41, 5.74) is 2.26. The molecule has 1 aromatic carbocycles. The van der Waals surface area contributed by atoms with Crippen LogP contribution in [-0.2, 0) is 18.3 Å². The average Bonchev–Trinajstić information content (AvgIpc) is 2.95. The highest BCUT2D eigenvalue weighted by Gasteiger charge is 2.25. The first-order chi connectivity index (χ1) is 12.7. The molecule has 3 amide bonds. The monoisotopic (exact) mass is 370 g/mol. The third-order valence-corrected chi connectivity index (χ3v) is 5.01. The number of piperazine rings is 1. The summed E-state index contributed by atoms with van der Waals surface area (Å²) in [5.74, 6) is 0.126.